The lowest BCUT2D eigenvalue weighted by Gasteiger charge is -2.06. The summed E-state index contributed by atoms with van der Waals surface area (Å²) in [6.07, 6.45) is 1.35. The largest absolute Gasteiger partial charge is 0.618 e. The zero-order chi connectivity index (χ0) is 15.8. The summed E-state index contributed by atoms with van der Waals surface area (Å²) in [6.45, 7) is 0.0972. The van der Waals surface area contributed by atoms with Crippen molar-refractivity contribution in [1.82, 2.24) is 5.32 Å². The van der Waals surface area contributed by atoms with Gasteiger partial charge in [0.05, 0.1) is 6.54 Å². The summed E-state index contributed by atoms with van der Waals surface area (Å²) >= 11 is 2.60. The smallest absolute Gasteiger partial charge is 0.317 e. The van der Waals surface area contributed by atoms with Gasteiger partial charge in [0, 0.05) is 17.0 Å². The van der Waals surface area contributed by atoms with Crippen LogP contribution in [0.25, 0.3) is 0 Å². The van der Waals surface area contributed by atoms with Crippen molar-refractivity contribution in [3.63, 3.8) is 0 Å². The highest BCUT2D eigenvalue weighted by Crippen LogP contribution is 2.12. The van der Waals surface area contributed by atoms with Crippen LogP contribution in [0.4, 0.5) is 0 Å². The monoisotopic (exact) mass is 338 g/mol. The highest BCUT2D eigenvalue weighted by atomic mass is 32.2. The Kier molecular flexibility index (Phi) is 6.23. The fourth-order valence-corrected chi connectivity index (χ4v) is 2.85. The molecule has 116 valence electrons. The second kappa shape index (κ2) is 8.40. The van der Waals surface area contributed by atoms with Crippen molar-refractivity contribution in [2.45, 2.75) is 11.6 Å². The first kappa shape index (κ1) is 16.3. The van der Waals surface area contributed by atoms with Crippen molar-refractivity contribution >= 4 is 35.0 Å². The Morgan fingerprint density at radius 2 is 2.18 bits per heavy atom. The summed E-state index contributed by atoms with van der Waals surface area (Å²) in [5.41, 5.74) is 0. The van der Waals surface area contributed by atoms with Gasteiger partial charge in [-0.1, -0.05) is 6.07 Å². The summed E-state index contributed by atoms with van der Waals surface area (Å²) in [5.74, 6) is -0.921. The molecule has 0 aliphatic heterocycles. The lowest BCUT2D eigenvalue weighted by atomic mass is 10.4. The third kappa shape index (κ3) is 5.38. The molecule has 0 radical (unpaired) electrons. The standard InChI is InChI=1S/C14H14N2O4S2/c17-12(15-8-11-4-3-7-21-11)9-20-14(18)10-22-13-5-1-2-6-16(13)19/h1-7H,8-10H2,(H,15,17). The van der Waals surface area contributed by atoms with Crippen LogP contribution in [0.15, 0.2) is 46.9 Å². The average molecular weight is 338 g/mol. The maximum atomic E-state index is 11.5. The highest BCUT2D eigenvalue weighted by Gasteiger charge is 2.11. The van der Waals surface area contributed by atoms with Gasteiger partial charge in [-0.2, -0.15) is 4.73 Å². The van der Waals surface area contributed by atoms with Crippen LogP contribution in [0.1, 0.15) is 4.88 Å². The molecule has 0 aliphatic carbocycles. The number of thioether (sulfide) groups is 1. The molecule has 2 aromatic rings. The number of amides is 1. The molecule has 6 nitrogen and oxygen atoms in total. The van der Waals surface area contributed by atoms with Crippen LogP contribution in [0.2, 0.25) is 0 Å². The first-order valence-corrected chi connectivity index (χ1v) is 8.27. The van der Waals surface area contributed by atoms with Crippen molar-refractivity contribution < 1.29 is 19.1 Å². The topological polar surface area (TPSA) is 82.3 Å². The summed E-state index contributed by atoms with van der Waals surface area (Å²) < 4.78 is 5.53. The molecule has 8 heteroatoms. The molecule has 0 aromatic carbocycles. The van der Waals surface area contributed by atoms with Crippen molar-refractivity contribution in [3.05, 3.63) is 52.0 Å². The van der Waals surface area contributed by atoms with E-state index >= 15 is 0 Å². The Bertz CT molecular complexity index is 632. The van der Waals surface area contributed by atoms with Crippen LogP contribution in [0.3, 0.4) is 0 Å². The van der Waals surface area contributed by atoms with E-state index in [1.807, 2.05) is 17.5 Å². The van der Waals surface area contributed by atoms with E-state index < -0.39 is 5.97 Å². The number of pyridine rings is 1. The molecular formula is C14H14N2O4S2. The molecule has 0 bridgehead atoms. The highest BCUT2D eigenvalue weighted by molar-refractivity contribution is 7.99. The minimum atomic E-state index is -0.542. The van der Waals surface area contributed by atoms with E-state index in [0.717, 1.165) is 16.6 Å². The molecular weight excluding hydrogens is 324 g/mol. The fraction of sp³-hybridized carbons (Fsp3) is 0.214. The second-order valence-electron chi connectivity index (χ2n) is 4.17. The van der Waals surface area contributed by atoms with Crippen LogP contribution < -0.4 is 10.0 Å². The molecule has 2 aromatic heterocycles. The molecule has 0 atom stereocenters. The molecule has 1 amide bonds. The maximum Gasteiger partial charge on any atom is 0.317 e. The summed E-state index contributed by atoms with van der Waals surface area (Å²) in [6, 6.07) is 8.73. The zero-order valence-electron chi connectivity index (χ0n) is 11.6. The van der Waals surface area contributed by atoms with Crippen molar-refractivity contribution in [2.24, 2.45) is 0 Å². The van der Waals surface area contributed by atoms with Crippen molar-refractivity contribution in [2.75, 3.05) is 12.4 Å². The second-order valence-corrected chi connectivity index (χ2v) is 6.20. The normalized spacial score (nSPS) is 10.2. The van der Waals surface area contributed by atoms with Gasteiger partial charge in [0.15, 0.2) is 12.8 Å². The zero-order valence-corrected chi connectivity index (χ0v) is 13.2. The van der Waals surface area contributed by atoms with E-state index in [1.165, 1.54) is 17.5 Å². The lowest BCUT2D eigenvalue weighted by molar-refractivity contribution is -0.645. The number of hydrogen-bond acceptors (Lipinski definition) is 6. The number of ether oxygens (including phenoxy) is 1. The Morgan fingerprint density at radius 3 is 2.91 bits per heavy atom. The maximum absolute atomic E-state index is 11.5. The van der Waals surface area contributed by atoms with Gasteiger partial charge in [-0.05, 0) is 29.3 Å². The molecule has 0 unspecified atom stereocenters. The Labute approximate surface area is 135 Å². The molecule has 0 saturated carbocycles. The first-order chi connectivity index (χ1) is 10.6. The van der Waals surface area contributed by atoms with Gasteiger partial charge >= 0.3 is 5.97 Å². The van der Waals surface area contributed by atoms with Gasteiger partial charge in [0.25, 0.3) is 10.9 Å². The minimum Gasteiger partial charge on any atom is -0.618 e. The number of rotatable bonds is 7. The molecule has 22 heavy (non-hydrogen) atoms. The van der Waals surface area contributed by atoms with E-state index in [2.05, 4.69) is 5.32 Å². The molecule has 0 fully saturated rings. The summed E-state index contributed by atoms with van der Waals surface area (Å²) in [7, 11) is 0. The van der Waals surface area contributed by atoms with Gasteiger partial charge in [-0.15, -0.1) is 11.3 Å². The molecule has 0 spiro atoms. The fourth-order valence-electron chi connectivity index (χ4n) is 1.49. The summed E-state index contributed by atoms with van der Waals surface area (Å²) in [5, 5.41) is 16.4. The van der Waals surface area contributed by atoms with Crippen molar-refractivity contribution in [3.8, 4) is 0 Å². The molecule has 0 saturated heterocycles. The summed E-state index contributed by atoms with van der Waals surface area (Å²) in [4.78, 5) is 24.1. The molecule has 0 aliphatic rings. The van der Waals surface area contributed by atoms with Crippen LogP contribution >= 0.6 is 23.1 Å². The Hall–Kier alpha value is -2.06. The van der Waals surface area contributed by atoms with E-state index in [4.69, 9.17) is 4.74 Å². The number of carbonyl (C=O) groups excluding carboxylic acids is 2. The van der Waals surface area contributed by atoms with Crippen LogP contribution in [0.5, 0.6) is 0 Å². The predicted octanol–water partition coefficient (Wildman–Crippen LogP) is 1.33. The Morgan fingerprint density at radius 1 is 1.32 bits per heavy atom. The van der Waals surface area contributed by atoms with E-state index in [-0.39, 0.29) is 18.3 Å². The Balaban J connectivity index is 1.65. The number of nitrogens with one attached hydrogen (secondary N) is 1. The number of esters is 1. The van der Waals surface area contributed by atoms with Gasteiger partial charge < -0.3 is 15.3 Å². The SMILES string of the molecule is O=C(COC(=O)CSc1cccc[n+]1[O-])NCc1cccs1. The number of aromatic nitrogens is 1. The number of hydrogen-bond donors (Lipinski definition) is 1. The van der Waals surface area contributed by atoms with Gasteiger partial charge in [0.2, 0.25) is 0 Å². The van der Waals surface area contributed by atoms with Crippen molar-refractivity contribution in [1.29, 1.82) is 0 Å². The average Bonchev–Trinajstić information content (AvgIpc) is 3.03. The van der Waals surface area contributed by atoms with Crippen LogP contribution in [-0.2, 0) is 20.9 Å². The van der Waals surface area contributed by atoms with Crippen LogP contribution in [-0.4, -0.2) is 24.2 Å². The van der Waals surface area contributed by atoms with E-state index in [0.29, 0.717) is 16.3 Å². The minimum absolute atomic E-state index is 0.0234. The molecule has 2 heterocycles. The number of nitrogens with zero attached hydrogens (tertiary/aromatic N) is 1. The van der Waals surface area contributed by atoms with Gasteiger partial charge in [-0.25, -0.2) is 0 Å². The van der Waals surface area contributed by atoms with Gasteiger partial charge in [-0.3, -0.25) is 9.59 Å². The lowest BCUT2D eigenvalue weighted by Crippen LogP contribution is -2.29. The van der Waals surface area contributed by atoms with E-state index in [1.54, 1.807) is 18.2 Å². The quantitative estimate of drug-likeness (QED) is 0.356. The molecule has 2 rings (SSSR count). The predicted molar refractivity (Wildman–Crippen MR) is 83.3 cm³/mol. The molecule has 1 N–H and O–H groups in total. The van der Waals surface area contributed by atoms with Crippen LogP contribution in [0, 0.1) is 5.21 Å². The third-order valence-corrected chi connectivity index (χ3v) is 4.40. The van der Waals surface area contributed by atoms with E-state index in [9.17, 15) is 14.8 Å². The van der Waals surface area contributed by atoms with Gasteiger partial charge in [0.1, 0.15) is 5.75 Å². The number of carbonyl (C=O) groups is 2. The number of thiophene rings is 1. The third-order valence-electron chi connectivity index (χ3n) is 2.53. The first-order valence-electron chi connectivity index (χ1n) is 6.41.